The average molecular weight is 417 g/mol. The van der Waals surface area contributed by atoms with Crippen LogP contribution in [-0.2, 0) is 9.59 Å². The van der Waals surface area contributed by atoms with Crippen LogP contribution in [0.3, 0.4) is 0 Å². The van der Waals surface area contributed by atoms with Crippen LogP contribution in [0.1, 0.15) is 27.7 Å². The molecule has 22 heavy (non-hydrogen) atoms. The summed E-state index contributed by atoms with van der Waals surface area (Å²) in [5.41, 5.74) is 0.501. The highest BCUT2D eigenvalue weighted by Crippen LogP contribution is 2.11. The fourth-order valence-electron chi connectivity index (χ4n) is 1.88. The number of likely N-dealkylation sites (N-methyl/N-ethyl adjacent to an activating group) is 1. The second kappa shape index (κ2) is 8.47. The van der Waals surface area contributed by atoms with E-state index in [0.29, 0.717) is 6.54 Å². The van der Waals surface area contributed by atoms with Crippen LogP contribution in [0, 0.1) is 3.57 Å². The zero-order valence-corrected chi connectivity index (χ0v) is 15.7. The van der Waals surface area contributed by atoms with Gasteiger partial charge in [-0.15, -0.1) is 0 Å². The van der Waals surface area contributed by atoms with Crippen LogP contribution in [0.25, 0.3) is 0 Å². The third-order valence-corrected chi connectivity index (χ3v) is 3.54. The number of rotatable bonds is 6. The normalized spacial score (nSPS) is 11.4. The second-order valence-corrected chi connectivity index (χ2v) is 7.40. The standard InChI is InChI=1S/C16H24IN3O2/c1-5-20(11-15(22)19-16(2,3)4)10-14(21)18-13-8-6-12(17)7-9-13/h6-9H,5,10-11H2,1-4H3,(H,18,21)(H,19,22). The van der Waals surface area contributed by atoms with E-state index < -0.39 is 0 Å². The molecule has 0 aliphatic heterocycles. The van der Waals surface area contributed by atoms with Crippen LogP contribution >= 0.6 is 22.6 Å². The monoisotopic (exact) mass is 417 g/mol. The minimum Gasteiger partial charge on any atom is -0.350 e. The molecule has 1 aromatic rings. The van der Waals surface area contributed by atoms with E-state index in [-0.39, 0.29) is 30.4 Å². The van der Waals surface area contributed by atoms with Gasteiger partial charge in [-0.2, -0.15) is 0 Å². The van der Waals surface area contributed by atoms with Gasteiger partial charge in [0.25, 0.3) is 0 Å². The first kappa shape index (κ1) is 18.9. The first-order chi connectivity index (χ1) is 10.2. The van der Waals surface area contributed by atoms with Crippen molar-refractivity contribution in [2.24, 2.45) is 0 Å². The van der Waals surface area contributed by atoms with Crippen molar-refractivity contribution in [3.63, 3.8) is 0 Å². The summed E-state index contributed by atoms with van der Waals surface area (Å²) in [6.07, 6.45) is 0. The molecule has 0 heterocycles. The third-order valence-electron chi connectivity index (χ3n) is 2.82. The number of carbonyl (C=O) groups excluding carboxylic acids is 2. The summed E-state index contributed by atoms with van der Waals surface area (Å²) >= 11 is 2.21. The number of benzene rings is 1. The number of hydrogen-bond acceptors (Lipinski definition) is 3. The van der Waals surface area contributed by atoms with Crippen LogP contribution in [0.4, 0.5) is 5.69 Å². The van der Waals surface area contributed by atoms with E-state index in [9.17, 15) is 9.59 Å². The number of amides is 2. The SMILES string of the molecule is CCN(CC(=O)Nc1ccc(I)cc1)CC(=O)NC(C)(C)C. The smallest absolute Gasteiger partial charge is 0.238 e. The van der Waals surface area contributed by atoms with E-state index in [2.05, 4.69) is 33.2 Å². The molecule has 0 radical (unpaired) electrons. The Hall–Kier alpha value is -1.15. The third kappa shape index (κ3) is 7.74. The second-order valence-electron chi connectivity index (χ2n) is 6.16. The van der Waals surface area contributed by atoms with Gasteiger partial charge >= 0.3 is 0 Å². The summed E-state index contributed by atoms with van der Waals surface area (Å²) in [5.74, 6) is -0.192. The van der Waals surface area contributed by atoms with Gasteiger partial charge in [0, 0.05) is 14.8 Å². The quantitative estimate of drug-likeness (QED) is 0.700. The number of hydrogen-bond donors (Lipinski definition) is 2. The summed E-state index contributed by atoms with van der Waals surface area (Å²) in [4.78, 5) is 25.8. The topological polar surface area (TPSA) is 61.4 Å². The molecule has 2 amide bonds. The van der Waals surface area contributed by atoms with E-state index in [0.717, 1.165) is 9.26 Å². The number of nitrogens with one attached hydrogen (secondary N) is 2. The van der Waals surface area contributed by atoms with E-state index in [4.69, 9.17) is 0 Å². The highest BCUT2D eigenvalue weighted by molar-refractivity contribution is 14.1. The molecular weight excluding hydrogens is 393 g/mol. The van der Waals surface area contributed by atoms with Gasteiger partial charge in [-0.05, 0) is 74.2 Å². The molecule has 0 unspecified atom stereocenters. The molecular formula is C16H24IN3O2. The van der Waals surface area contributed by atoms with Gasteiger partial charge in [-0.3, -0.25) is 14.5 Å². The number of nitrogens with zero attached hydrogens (tertiary/aromatic N) is 1. The maximum absolute atomic E-state index is 12.0. The van der Waals surface area contributed by atoms with Crippen LogP contribution in [0.15, 0.2) is 24.3 Å². The summed E-state index contributed by atoms with van der Waals surface area (Å²) in [7, 11) is 0. The zero-order chi connectivity index (χ0) is 16.8. The van der Waals surface area contributed by atoms with Crippen molar-refractivity contribution in [2.75, 3.05) is 25.0 Å². The van der Waals surface area contributed by atoms with Gasteiger partial charge in [0.1, 0.15) is 0 Å². The Kier molecular flexibility index (Phi) is 7.28. The lowest BCUT2D eigenvalue weighted by Crippen LogP contribution is -2.47. The average Bonchev–Trinajstić information content (AvgIpc) is 2.38. The van der Waals surface area contributed by atoms with Crippen LogP contribution in [0.5, 0.6) is 0 Å². The minimum atomic E-state index is -0.264. The summed E-state index contributed by atoms with van der Waals surface area (Å²) < 4.78 is 1.12. The maximum atomic E-state index is 12.0. The number of anilines is 1. The van der Waals surface area contributed by atoms with Gasteiger partial charge in [0.05, 0.1) is 13.1 Å². The lowest BCUT2D eigenvalue weighted by atomic mass is 10.1. The summed E-state index contributed by atoms with van der Waals surface area (Å²) in [6, 6.07) is 7.60. The zero-order valence-electron chi connectivity index (χ0n) is 13.6. The number of carbonyl (C=O) groups is 2. The van der Waals surface area contributed by atoms with Gasteiger partial charge in [-0.25, -0.2) is 0 Å². The maximum Gasteiger partial charge on any atom is 0.238 e. The molecule has 5 nitrogen and oxygen atoms in total. The molecule has 0 bridgehead atoms. The van der Waals surface area contributed by atoms with E-state index in [1.165, 1.54) is 0 Å². The predicted molar refractivity (Wildman–Crippen MR) is 97.8 cm³/mol. The fraction of sp³-hybridized carbons (Fsp3) is 0.500. The lowest BCUT2D eigenvalue weighted by Gasteiger charge is -2.24. The van der Waals surface area contributed by atoms with Gasteiger partial charge in [0.15, 0.2) is 0 Å². The molecule has 6 heteroatoms. The molecule has 0 spiro atoms. The molecule has 0 atom stereocenters. The Balaban J connectivity index is 2.49. The molecule has 0 saturated carbocycles. The van der Waals surface area contributed by atoms with Crippen molar-refractivity contribution in [3.05, 3.63) is 27.8 Å². The van der Waals surface area contributed by atoms with Crippen molar-refractivity contribution in [2.45, 2.75) is 33.2 Å². The molecule has 2 N–H and O–H groups in total. The Morgan fingerprint density at radius 3 is 2.14 bits per heavy atom. The van der Waals surface area contributed by atoms with Gasteiger partial charge in [0.2, 0.25) is 11.8 Å². The lowest BCUT2D eigenvalue weighted by molar-refractivity contribution is -0.124. The molecule has 0 fully saturated rings. The van der Waals surface area contributed by atoms with Gasteiger partial charge < -0.3 is 10.6 Å². The van der Waals surface area contributed by atoms with Crippen molar-refractivity contribution in [3.8, 4) is 0 Å². The molecule has 1 rings (SSSR count). The molecule has 1 aromatic carbocycles. The largest absolute Gasteiger partial charge is 0.350 e. The van der Waals surface area contributed by atoms with Crippen molar-refractivity contribution in [1.29, 1.82) is 0 Å². The van der Waals surface area contributed by atoms with E-state index in [1.807, 2.05) is 56.9 Å². The Morgan fingerprint density at radius 2 is 1.64 bits per heavy atom. The van der Waals surface area contributed by atoms with Crippen molar-refractivity contribution < 1.29 is 9.59 Å². The Labute approximate surface area is 146 Å². The Morgan fingerprint density at radius 1 is 1.09 bits per heavy atom. The van der Waals surface area contributed by atoms with E-state index >= 15 is 0 Å². The van der Waals surface area contributed by atoms with E-state index in [1.54, 1.807) is 0 Å². The minimum absolute atomic E-state index is 0.0728. The molecule has 0 aliphatic carbocycles. The highest BCUT2D eigenvalue weighted by Gasteiger charge is 2.17. The first-order valence-corrected chi connectivity index (χ1v) is 8.36. The van der Waals surface area contributed by atoms with Crippen molar-refractivity contribution in [1.82, 2.24) is 10.2 Å². The van der Waals surface area contributed by atoms with Crippen LogP contribution in [0.2, 0.25) is 0 Å². The summed E-state index contributed by atoms with van der Waals surface area (Å²) in [6.45, 7) is 8.79. The van der Waals surface area contributed by atoms with Crippen LogP contribution < -0.4 is 10.6 Å². The molecule has 0 aromatic heterocycles. The number of halogens is 1. The van der Waals surface area contributed by atoms with Gasteiger partial charge in [-0.1, -0.05) is 6.92 Å². The molecule has 0 aliphatic rings. The Bertz CT molecular complexity index is 509. The fourth-order valence-corrected chi connectivity index (χ4v) is 2.24. The first-order valence-electron chi connectivity index (χ1n) is 7.28. The molecule has 122 valence electrons. The highest BCUT2D eigenvalue weighted by atomic mass is 127. The summed E-state index contributed by atoms with van der Waals surface area (Å²) in [5, 5.41) is 5.74. The molecule has 0 saturated heterocycles. The van der Waals surface area contributed by atoms with Crippen molar-refractivity contribution >= 4 is 40.1 Å². The predicted octanol–water partition coefficient (Wildman–Crippen LogP) is 2.47. The van der Waals surface area contributed by atoms with Crippen LogP contribution in [-0.4, -0.2) is 41.9 Å².